The molecule has 0 atom stereocenters. The summed E-state index contributed by atoms with van der Waals surface area (Å²) in [6, 6.07) is 15.6. The second-order valence-corrected chi connectivity index (χ2v) is 7.66. The molecule has 1 aromatic heterocycles. The van der Waals surface area contributed by atoms with E-state index in [-0.39, 0.29) is 12.5 Å². The van der Waals surface area contributed by atoms with Gasteiger partial charge in [0.1, 0.15) is 5.69 Å². The Kier molecular flexibility index (Phi) is 6.66. The molecule has 0 bridgehead atoms. The van der Waals surface area contributed by atoms with Crippen LogP contribution in [0.15, 0.2) is 65.7 Å². The highest BCUT2D eigenvalue weighted by atomic mass is 32.2. The molecule has 2 aromatic carbocycles. The number of carbonyl (C=O) groups excluding carboxylic acids is 1. The Morgan fingerprint density at radius 2 is 1.77 bits per heavy atom. The van der Waals surface area contributed by atoms with Gasteiger partial charge in [-0.05, 0) is 67.3 Å². The van der Waals surface area contributed by atoms with E-state index in [2.05, 4.69) is 15.0 Å². The molecular formula is C22H20F3N3OS. The molecule has 0 aliphatic heterocycles. The molecular weight excluding hydrogens is 411 g/mol. The summed E-state index contributed by atoms with van der Waals surface area (Å²) < 4.78 is 41.0. The van der Waals surface area contributed by atoms with Crippen molar-refractivity contribution in [2.45, 2.75) is 31.5 Å². The minimum Gasteiger partial charge on any atom is -0.348 e. The van der Waals surface area contributed by atoms with Crippen LogP contribution in [0.2, 0.25) is 0 Å². The molecule has 30 heavy (non-hydrogen) atoms. The third-order valence-electron chi connectivity index (χ3n) is 4.37. The summed E-state index contributed by atoms with van der Waals surface area (Å²) in [4.78, 5) is 16.9. The summed E-state index contributed by atoms with van der Waals surface area (Å²) >= 11 is 1.45. The van der Waals surface area contributed by atoms with Crippen LogP contribution in [0.3, 0.4) is 0 Å². The van der Waals surface area contributed by atoms with E-state index < -0.39 is 11.9 Å². The number of rotatable bonds is 6. The standard InChI is InChI=1S/C22H20F3N3OS/c1-14-3-8-18(9-4-14)30-28-19-11-17(7-5-15(19)2)21(29)27-13-16-6-10-20(26-12-16)22(23,24)25/h3-12,28H,13H2,1-2H3,(H,27,29). The van der Waals surface area contributed by atoms with Crippen molar-refractivity contribution in [3.8, 4) is 0 Å². The van der Waals surface area contributed by atoms with Gasteiger partial charge in [0.25, 0.3) is 5.91 Å². The zero-order valence-corrected chi connectivity index (χ0v) is 17.2. The van der Waals surface area contributed by atoms with Crippen LogP contribution in [-0.4, -0.2) is 10.9 Å². The van der Waals surface area contributed by atoms with E-state index in [4.69, 9.17) is 0 Å². The van der Waals surface area contributed by atoms with Gasteiger partial charge in [-0.25, -0.2) is 0 Å². The Morgan fingerprint density at radius 3 is 2.40 bits per heavy atom. The fourth-order valence-corrected chi connectivity index (χ4v) is 3.29. The number of alkyl halides is 3. The molecule has 1 heterocycles. The molecule has 156 valence electrons. The lowest BCUT2D eigenvalue weighted by molar-refractivity contribution is -0.141. The number of nitrogens with zero attached hydrogens (tertiary/aromatic N) is 1. The first-order chi connectivity index (χ1) is 14.2. The predicted octanol–water partition coefficient (Wildman–Crippen LogP) is 5.77. The zero-order chi connectivity index (χ0) is 21.7. The van der Waals surface area contributed by atoms with E-state index in [9.17, 15) is 18.0 Å². The summed E-state index contributed by atoms with van der Waals surface area (Å²) in [5.74, 6) is -0.321. The maximum absolute atomic E-state index is 12.6. The van der Waals surface area contributed by atoms with Gasteiger partial charge in [-0.15, -0.1) is 0 Å². The molecule has 2 N–H and O–H groups in total. The minimum absolute atomic E-state index is 0.0821. The fraction of sp³-hybridized carbons (Fsp3) is 0.182. The van der Waals surface area contributed by atoms with Gasteiger partial charge in [0.15, 0.2) is 0 Å². The van der Waals surface area contributed by atoms with E-state index in [1.165, 1.54) is 23.6 Å². The van der Waals surface area contributed by atoms with Crippen LogP contribution in [0.25, 0.3) is 0 Å². The molecule has 3 rings (SSSR count). The third-order valence-corrected chi connectivity index (χ3v) is 5.20. The molecule has 0 spiro atoms. The molecule has 0 aliphatic rings. The monoisotopic (exact) mass is 431 g/mol. The SMILES string of the molecule is Cc1ccc(SNc2cc(C(=O)NCc3ccc(C(F)(F)F)nc3)ccc2C)cc1. The van der Waals surface area contributed by atoms with E-state index in [1.54, 1.807) is 12.1 Å². The van der Waals surface area contributed by atoms with Crippen molar-refractivity contribution in [2.75, 3.05) is 4.72 Å². The summed E-state index contributed by atoms with van der Waals surface area (Å²) in [6.07, 6.45) is -3.37. The second-order valence-electron chi connectivity index (χ2n) is 6.78. The van der Waals surface area contributed by atoms with Gasteiger partial charge in [-0.3, -0.25) is 9.78 Å². The van der Waals surface area contributed by atoms with Gasteiger partial charge < -0.3 is 10.0 Å². The number of pyridine rings is 1. The molecule has 0 radical (unpaired) electrons. The largest absolute Gasteiger partial charge is 0.433 e. The molecule has 0 fully saturated rings. The fourth-order valence-electron chi connectivity index (χ4n) is 2.57. The molecule has 0 unspecified atom stereocenters. The van der Waals surface area contributed by atoms with E-state index in [1.807, 2.05) is 44.2 Å². The van der Waals surface area contributed by atoms with Crippen LogP contribution in [0.4, 0.5) is 18.9 Å². The molecule has 4 nitrogen and oxygen atoms in total. The van der Waals surface area contributed by atoms with Crippen LogP contribution in [-0.2, 0) is 12.7 Å². The molecule has 3 aromatic rings. The molecule has 1 amide bonds. The number of hydrogen-bond donors (Lipinski definition) is 2. The summed E-state index contributed by atoms with van der Waals surface area (Å²) in [7, 11) is 0. The molecule has 0 aliphatic carbocycles. The maximum Gasteiger partial charge on any atom is 0.433 e. The van der Waals surface area contributed by atoms with Crippen molar-refractivity contribution < 1.29 is 18.0 Å². The Hall–Kier alpha value is -3.00. The third kappa shape index (κ3) is 5.76. The van der Waals surface area contributed by atoms with Crippen LogP contribution < -0.4 is 10.0 Å². The van der Waals surface area contributed by atoms with Gasteiger partial charge >= 0.3 is 6.18 Å². The highest BCUT2D eigenvalue weighted by molar-refractivity contribution is 8.00. The van der Waals surface area contributed by atoms with Crippen molar-refractivity contribution in [1.82, 2.24) is 10.3 Å². The lowest BCUT2D eigenvalue weighted by Gasteiger charge is -2.12. The first-order valence-electron chi connectivity index (χ1n) is 9.13. The number of anilines is 1. The van der Waals surface area contributed by atoms with Gasteiger partial charge in [0.05, 0.1) is 0 Å². The average molecular weight is 431 g/mol. The predicted molar refractivity (Wildman–Crippen MR) is 112 cm³/mol. The molecule has 0 saturated carbocycles. The number of benzene rings is 2. The summed E-state index contributed by atoms with van der Waals surface area (Å²) in [5.41, 5.74) is 2.95. The number of hydrogen-bond acceptors (Lipinski definition) is 4. The Morgan fingerprint density at radius 1 is 1.03 bits per heavy atom. The quantitative estimate of drug-likeness (QED) is 0.487. The van der Waals surface area contributed by atoms with Crippen LogP contribution in [0, 0.1) is 13.8 Å². The first-order valence-corrected chi connectivity index (χ1v) is 9.94. The van der Waals surface area contributed by atoms with Gasteiger partial charge in [0.2, 0.25) is 0 Å². The van der Waals surface area contributed by atoms with Crippen molar-refractivity contribution >= 4 is 23.5 Å². The van der Waals surface area contributed by atoms with E-state index in [0.717, 1.165) is 28.4 Å². The van der Waals surface area contributed by atoms with Crippen molar-refractivity contribution in [1.29, 1.82) is 0 Å². The first kappa shape index (κ1) is 21.7. The number of nitrogens with one attached hydrogen (secondary N) is 2. The number of halogens is 3. The highest BCUT2D eigenvalue weighted by Crippen LogP contribution is 2.27. The van der Waals surface area contributed by atoms with Crippen LogP contribution >= 0.6 is 11.9 Å². The topological polar surface area (TPSA) is 54.0 Å². The van der Waals surface area contributed by atoms with E-state index in [0.29, 0.717) is 11.1 Å². The van der Waals surface area contributed by atoms with E-state index >= 15 is 0 Å². The van der Waals surface area contributed by atoms with Crippen LogP contribution in [0.5, 0.6) is 0 Å². The maximum atomic E-state index is 12.6. The lowest BCUT2D eigenvalue weighted by atomic mass is 10.1. The summed E-state index contributed by atoms with van der Waals surface area (Å²) in [6.45, 7) is 4.04. The molecule has 0 saturated heterocycles. The highest BCUT2D eigenvalue weighted by Gasteiger charge is 2.31. The smallest absolute Gasteiger partial charge is 0.348 e. The van der Waals surface area contributed by atoms with Crippen molar-refractivity contribution in [3.63, 3.8) is 0 Å². The van der Waals surface area contributed by atoms with Crippen LogP contribution in [0.1, 0.15) is 32.7 Å². The lowest BCUT2D eigenvalue weighted by Crippen LogP contribution is -2.23. The van der Waals surface area contributed by atoms with Crippen molar-refractivity contribution in [3.05, 3.63) is 88.7 Å². The zero-order valence-electron chi connectivity index (χ0n) is 16.4. The van der Waals surface area contributed by atoms with Gasteiger partial charge in [-0.2, -0.15) is 13.2 Å². The molecule has 8 heteroatoms. The van der Waals surface area contributed by atoms with Gasteiger partial charge in [-0.1, -0.05) is 29.8 Å². The normalized spacial score (nSPS) is 11.2. The average Bonchev–Trinajstić information content (AvgIpc) is 2.72. The van der Waals surface area contributed by atoms with Gasteiger partial charge in [0, 0.05) is 28.9 Å². The van der Waals surface area contributed by atoms with Crippen molar-refractivity contribution in [2.24, 2.45) is 0 Å². The number of amides is 1. The number of aryl methyl sites for hydroxylation is 2. The Labute approximate surface area is 177 Å². The Balaban J connectivity index is 1.61. The number of aromatic nitrogens is 1. The Bertz CT molecular complexity index is 1020. The minimum atomic E-state index is -4.48. The second kappa shape index (κ2) is 9.21. The number of carbonyl (C=O) groups is 1. The summed E-state index contributed by atoms with van der Waals surface area (Å²) in [5, 5.41) is 2.71.